The number of hydrogen-bond donors (Lipinski definition) is 0. The van der Waals surface area contributed by atoms with Crippen LogP contribution in [-0.4, -0.2) is 6.54 Å². The first-order valence-corrected chi connectivity index (χ1v) is 1.89. The number of nitrogens with zero attached hydrogens (tertiary/aromatic N) is 2. The van der Waals surface area contributed by atoms with Crippen molar-refractivity contribution in [1.82, 2.24) is 0 Å². The van der Waals surface area contributed by atoms with Crippen LogP contribution in [0, 0.1) is 17.9 Å². The second kappa shape index (κ2) is 8.16. The molecule has 0 atom stereocenters. The van der Waals surface area contributed by atoms with Gasteiger partial charge in [0, 0.05) is 0 Å². The molecule has 0 aromatic rings. The summed E-state index contributed by atoms with van der Waals surface area (Å²) in [5.41, 5.74) is -0.0139. The van der Waals surface area contributed by atoms with E-state index in [2.05, 4.69) is 4.85 Å². The molecule has 0 aliphatic heterocycles. The fourth-order valence-corrected chi connectivity index (χ4v) is 0.184. The van der Waals surface area contributed by atoms with E-state index in [1.807, 2.05) is 0 Å². The maximum atomic E-state index is 9.72. The van der Waals surface area contributed by atoms with Gasteiger partial charge in [-0.05, 0) is 0 Å². The van der Waals surface area contributed by atoms with Gasteiger partial charge in [-0.25, -0.2) is 6.57 Å². The molecule has 4 heteroatoms. The van der Waals surface area contributed by atoms with Crippen molar-refractivity contribution in [3.05, 3.63) is 23.3 Å². The van der Waals surface area contributed by atoms with Crippen molar-refractivity contribution >= 4 is 0 Å². The molecule has 0 aromatic heterocycles. The largest absolute Gasteiger partial charge is 1.00 e. The molecule has 0 spiro atoms. The van der Waals surface area contributed by atoms with Gasteiger partial charge in [-0.1, -0.05) is 0 Å². The van der Waals surface area contributed by atoms with Crippen molar-refractivity contribution in [3.63, 3.8) is 0 Å². The molecule has 0 fully saturated rings. The molecule has 0 radical (unpaired) electrons. The smallest absolute Gasteiger partial charge is 0.877 e. The zero-order chi connectivity index (χ0) is 6.41. The maximum absolute atomic E-state index is 9.72. The SMILES string of the molecule is [C-]#[N+]CC(C#N)=C[O-].[K+]. The number of nitriles is 1. The Hall–Kier alpha value is 0.156. The zero-order valence-corrected chi connectivity index (χ0v) is 8.21. The summed E-state index contributed by atoms with van der Waals surface area (Å²) in [7, 11) is 0. The van der Waals surface area contributed by atoms with Crippen LogP contribution < -0.4 is 56.5 Å². The maximum Gasteiger partial charge on any atom is 1.00 e. The summed E-state index contributed by atoms with van der Waals surface area (Å²) in [6.07, 6.45) is 0.401. The van der Waals surface area contributed by atoms with Gasteiger partial charge in [0.1, 0.15) is 6.07 Å². The van der Waals surface area contributed by atoms with E-state index in [0.717, 1.165) is 0 Å². The Morgan fingerprint density at radius 2 is 2.44 bits per heavy atom. The van der Waals surface area contributed by atoms with Crippen molar-refractivity contribution in [3.8, 4) is 6.07 Å². The molecule has 0 unspecified atom stereocenters. The normalized spacial score (nSPS) is 8.44. The van der Waals surface area contributed by atoms with Crippen LogP contribution in [-0.2, 0) is 0 Å². The Balaban J connectivity index is 0. The zero-order valence-electron chi connectivity index (χ0n) is 5.09. The van der Waals surface area contributed by atoms with Gasteiger partial charge in [-0.3, -0.25) is 0 Å². The third-order valence-corrected chi connectivity index (χ3v) is 0.535. The Morgan fingerprint density at radius 1 is 1.89 bits per heavy atom. The predicted octanol–water partition coefficient (Wildman–Crippen LogP) is -3.32. The first-order chi connectivity index (χ1) is 3.85. The van der Waals surface area contributed by atoms with Crippen LogP contribution >= 0.6 is 0 Å². The van der Waals surface area contributed by atoms with Gasteiger partial charge in [0.15, 0.2) is 0 Å². The molecule has 0 N–H and O–H groups in total. The van der Waals surface area contributed by atoms with Crippen molar-refractivity contribution in [2.75, 3.05) is 6.54 Å². The molecular formula is C5H3KN2O. The second-order valence-corrected chi connectivity index (χ2v) is 1.07. The minimum Gasteiger partial charge on any atom is -0.877 e. The first-order valence-electron chi connectivity index (χ1n) is 1.89. The molecular weight excluding hydrogens is 143 g/mol. The summed E-state index contributed by atoms with van der Waals surface area (Å²) >= 11 is 0. The van der Waals surface area contributed by atoms with Gasteiger partial charge in [-0.2, -0.15) is 5.26 Å². The molecule has 9 heavy (non-hydrogen) atoms. The number of rotatable bonds is 1. The van der Waals surface area contributed by atoms with Crippen LogP contribution in [0.5, 0.6) is 0 Å². The fraction of sp³-hybridized carbons (Fsp3) is 0.200. The van der Waals surface area contributed by atoms with Crippen LogP contribution in [0.1, 0.15) is 0 Å². The average Bonchev–Trinajstić information content (AvgIpc) is 1.83. The monoisotopic (exact) mass is 146 g/mol. The van der Waals surface area contributed by atoms with Crippen LogP contribution in [0.15, 0.2) is 11.8 Å². The molecule has 0 aliphatic carbocycles. The summed E-state index contributed by atoms with van der Waals surface area (Å²) < 4.78 is 0. The van der Waals surface area contributed by atoms with Crippen LogP contribution in [0.25, 0.3) is 4.85 Å². The van der Waals surface area contributed by atoms with E-state index in [1.165, 1.54) is 0 Å². The fourth-order valence-electron chi connectivity index (χ4n) is 0.184. The minimum atomic E-state index is -0.0972. The molecule has 40 valence electrons. The van der Waals surface area contributed by atoms with E-state index in [0.29, 0.717) is 6.26 Å². The predicted molar refractivity (Wildman–Crippen MR) is 25.2 cm³/mol. The van der Waals surface area contributed by atoms with Crippen molar-refractivity contribution in [2.24, 2.45) is 0 Å². The molecule has 0 saturated heterocycles. The van der Waals surface area contributed by atoms with Crippen LogP contribution in [0.3, 0.4) is 0 Å². The third kappa shape index (κ3) is 6.04. The molecule has 0 amide bonds. The summed E-state index contributed by atoms with van der Waals surface area (Å²) in [4.78, 5) is 2.84. The van der Waals surface area contributed by atoms with Crippen LogP contribution in [0.4, 0.5) is 0 Å². The molecule has 0 aromatic carbocycles. The van der Waals surface area contributed by atoms with Crippen molar-refractivity contribution in [1.29, 1.82) is 5.26 Å². The van der Waals surface area contributed by atoms with E-state index < -0.39 is 0 Å². The average molecular weight is 146 g/mol. The Labute approximate surface area is 96.2 Å². The minimum absolute atomic E-state index is 0. The molecule has 0 aliphatic rings. The van der Waals surface area contributed by atoms with E-state index in [9.17, 15) is 5.11 Å². The molecule has 0 heterocycles. The van der Waals surface area contributed by atoms with Crippen molar-refractivity contribution < 1.29 is 56.5 Å². The Bertz CT molecular complexity index is 174. The summed E-state index contributed by atoms with van der Waals surface area (Å²) in [5.74, 6) is 0. The van der Waals surface area contributed by atoms with Gasteiger partial charge in [0.05, 0.1) is 5.57 Å². The standard InChI is InChI=1S/C5H4N2O.K/c1-7-3-5(2-6)4-8;/h4,8H,3H2;/q;+1/p-1. The second-order valence-electron chi connectivity index (χ2n) is 1.07. The van der Waals surface area contributed by atoms with E-state index in [1.54, 1.807) is 6.07 Å². The topological polar surface area (TPSA) is 51.2 Å². The summed E-state index contributed by atoms with van der Waals surface area (Å²) in [6, 6.07) is 1.59. The van der Waals surface area contributed by atoms with Crippen molar-refractivity contribution in [2.45, 2.75) is 0 Å². The molecule has 0 saturated carbocycles. The Kier molecular flexibility index (Phi) is 10.8. The van der Waals surface area contributed by atoms with E-state index in [4.69, 9.17) is 11.8 Å². The van der Waals surface area contributed by atoms with E-state index >= 15 is 0 Å². The van der Waals surface area contributed by atoms with Gasteiger partial charge < -0.3 is 9.95 Å². The quantitative estimate of drug-likeness (QED) is 0.168. The van der Waals surface area contributed by atoms with E-state index in [-0.39, 0.29) is 63.5 Å². The van der Waals surface area contributed by atoms with Gasteiger partial charge in [0.25, 0.3) is 0 Å². The molecule has 3 nitrogen and oxygen atoms in total. The molecule has 0 rings (SSSR count). The first kappa shape index (κ1) is 11.9. The summed E-state index contributed by atoms with van der Waals surface area (Å²) in [5, 5.41) is 17.7. The Morgan fingerprint density at radius 3 is 2.56 bits per heavy atom. The number of hydrogen-bond acceptors (Lipinski definition) is 2. The third-order valence-electron chi connectivity index (χ3n) is 0.535. The van der Waals surface area contributed by atoms with Gasteiger partial charge in [0.2, 0.25) is 6.54 Å². The van der Waals surface area contributed by atoms with Gasteiger partial charge in [-0.15, -0.1) is 6.26 Å². The van der Waals surface area contributed by atoms with Crippen LogP contribution in [0.2, 0.25) is 0 Å². The molecule has 0 bridgehead atoms. The van der Waals surface area contributed by atoms with Gasteiger partial charge >= 0.3 is 51.4 Å². The summed E-state index contributed by atoms with van der Waals surface area (Å²) in [6.45, 7) is 6.14.